The Morgan fingerprint density at radius 3 is 2.86 bits per heavy atom. The second kappa shape index (κ2) is 7.56. The minimum atomic E-state index is 0.196. The third-order valence-electron chi connectivity index (χ3n) is 4.46. The molecule has 1 aromatic carbocycles. The van der Waals surface area contributed by atoms with Gasteiger partial charge in [0.2, 0.25) is 0 Å². The molecule has 0 spiro atoms. The quantitative estimate of drug-likeness (QED) is 0.477. The molecule has 3 heterocycles. The lowest BCUT2D eigenvalue weighted by Gasteiger charge is -2.14. The number of carbonyl (C=O) groups excluding carboxylic acids is 1. The van der Waals surface area contributed by atoms with Crippen LogP contribution in [0.25, 0.3) is 22.3 Å². The van der Waals surface area contributed by atoms with Crippen LogP contribution in [0.4, 0.5) is 0 Å². The molecule has 0 fully saturated rings. The van der Waals surface area contributed by atoms with Crippen molar-refractivity contribution in [1.82, 2.24) is 24.7 Å². The number of benzene rings is 1. The van der Waals surface area contributed by atoms with E-state index in [2.05, 4.69) is 33.9 Å². The van der Waals surface area contributed by atoms with E-state index in [9.17, 15) is 4.79 Å². The van der Waals surface area contributed by atoms with Crippen molar-refractivity contribution in [3.05, 3.63) is 66.4 Å². The highest BCUT2D eigenvalue weighted by Gasteiger charge is 2.15. The van der Waals surface area contributed by atoms with E-state index in [-0.39, 0.29) is 12.6 Å². The number of rotatable bonds is 6. The summed E-state index contributed by atoms with van der Waals surface area (Å²) >= 11 is 0. The lowest BCUT2D eigenvalue weighted by atomic mass is 10.1. The molecule has 0 aliphatic carbocycles. The molecular formula is C21H19N5O2. The summed E-state index contributed by atoms with van der Waals surface area (Å²) < 4.78 is 7.89. The number of pyridine rings is 1. The fourth-order valence-electron chi connectivity index (χ4n) is 3.15. The third-order valence-corrected chi connectivity index (χ3v) is 4.46. The van der Waals surface area contributed by atoms with Crippen molar-refractivity contribution in [2.75, 3.05) is 0 Å². The Morgan fingerprint density at radius 2 is 2.04 bits per heavy atom. The molecule has 4 rings (SSSR count). The molecule has 3 aromatic heterocycles. The molecule has 0 bridgehead atoms. The van der Waals surface area contributed by atoms with Crippen LogP contribution >= 0.6 is 0 Å². The Morgan fingerprint density at radius 1 is 1.14 bits per heavy atom. The summed E-state index contributed by atoms with van der Waals surface area (Å²) in [6, 6.07) is 9.54. The summed E-state index contributed by atoms with van der Waals surface area (Å²) in [6.07, 6.45) is 7.42. The lowest BCUT2D eigenvalue weighted by molar-refractivity contribution is 0.112. The predicted molar refractivity (Wildman–Crippen MR) is 105 cm³/mol. The van der Waals surface area contributed by atoms with Crippen molar-refractivity contribution in [2.24, 2.45) is 0 Å². The summed E-state index contributed by atoms with van der Waals surface area (Å²) in [5.41, 5.74) is 3.52. The van der Waals surface area contributed by atoms with Crippen LogP contribution in [-0.2, 0) is 6.61 Å². The summed E-state index contributed by atoms with van der Waals surface area (Å²) in [7, 11) is 0. The first-order valence-electron chi connectivity index (χ1n) is 8.97. The number of hydrogen-bond donors (Lipinski definition) is 0. The number of ether oxygens (including phenoxy) is 1. The first-order chi connectivity index (χ1) is 13.7. The standard InChI is InChI=1S/C21H19N5O2/c1-14(2)26-18(7-9-25-26)21-16(10-22-13-24-21)12-28-19-6-5-15-4-3-8-23-20(15)17(19)11-27/h3-11,13-14H,12H2,1-2H3. The number of aromatic nitrogens is 5. The van der Waals surface area contributed by atoms with Crippen LogP contribution in [0, 0.1) is 0 Å². The smallest absolute Gasteiger partial charge is 0.155 e. The Kier molecular flexibility index (Phi) is 4.80. The summed E-state index contributed by atoms with van der Waals surface area (Å²) in [5, 5.41) is 5.26. The SMILES string of the molecule is CC(C)n1nccc1-c1ncncc1COc1ccc2cccnc2c1C=O. The molecule has 0 N–H and O–H groups in total. The van der Waals surface area contributed by atoms with Crippen molar-refractivity contribution in [3.8, 4) is 17.1 Å². The fourth-order valence-corrected chi connectivity index (χ4v) is 3.15. The van der Waals surface area contributed by atoms with E-state index in [1.54, 1.807) is 24.7 Å². The molecule has 0 radical (unpaired) electrons. The van der Waals surface area contributed by atoms with Crippen LogP contribution in [0.2, 0.25) is 0 Å². The highest BCUT2D eigenvalue weighted by atomic mass is 16.5. The van der Waals surface area contributed by atoms with Gasteiger partial charge in [0.15, 0.2) is 6.29 Å². The maximum absolute atomic E-state index is 11.7. The predicted octanol–water partition coefficient (Wildman–Crippen LogP) is 3.86. The van der Waals surface area contributed by atoms with Gasteiger partial charge in [0.1, 0.15) is 18.7 Å². The van der Waals surface area contributed by atoms with Gasteiger partial charge in [-0.2, -0.15) is 5.10 Å². The zero-order valence-electron chi connectivity index (χ0n) is 15.6. The normalized spacial score (nSPS) is 11.1. The fraction of sp³-hybridized carbons (Fsp3) is 0.190. The van der Waals surface area contributed by atoms with Gasteiger partial charge in [-0.15, -0.1) is 0 Å². The molecule has 4 aromatic rings. The zero-order chi connectivity index (χ0) is 19.5. The van der Waals surface area contributed by atoms with Crippen LogP contribution in [0.5, 0.6) is 5.75 Å². The van der Waals surface area contributed by atoms with Crippen molar-refractivity contribution < 1.29 is 9.53 Å². The van der Waals surface area contributed by atoms with E-state index < -0.39 is 0 Å². The summed E-state index contributed by atoms with van der Waals surface area (Å²) in [4.78, 5) is 24.5. The third kappa shape index (κ3) is 3.22. The summed E-state index contributed by atoms with van der Waals surface area (Å²) in [6.45, 7) is 4.34. The number of hydrogen-bond acceptors (Lipinski definition) is 6. The van der Waals surface area contributed by atoms with Gasteiger partial charge in [0.05, 0.1) is 22.5 Å². The Labute approximate surface area is 162 Å². The van der Waals surface area contributed by atoms with Gasteiger partial charge in [0.25, 0.3) is 0 Å². The molecule has 0 aliphatic heterocycles. The monoisotopic (exact) mass is 373 g/mol. The van der Waals surface area contributed by atoms with Crippen LogP contribution in [0.3, 0.4) is 0 Å². The van der Waals surface area contributed by atoms with E-state index in [4.69, 9.17) is 4.74 Å². The average Bonchev–Trinajstić information content (AvgIpc) is 3.22. The number of aldehydes is 1. The molecule has 0 atom stereocenters. The Balaban J connectivity index is 1.68. The highest BCUT2D eigenvalue weighted by Crippen LogP contribution is 2.28. The second-order valence-corrected chi connectivity index (χ2v) is 6.61. The molecule has 0 saturated carbocycles. The minimum absolute atomic E-state index is 0.196. The van der Waals surface area contributed by atoms with Gasteiger partial charge >= 0.3 is 0 Å². The molecule has 7 heteroatoms. The number of carbonyl (C=O) groups is 1. The van der Waals surface area contributed by atoms with Gasteiger partial charge in [-0.3, -0.25) is 14.5 Å². The van der Waals surface area contributed by atoms with E-state index in [0.717, 1.165) is 28.6 Å². The first kappa shape index (κ1) is 17.8. The molecule has 0 amide bonds. The van der Waals surface area contributed by atoms with Gasteiger partial charge in [-0.05, 0) is 38.1 Å². The molecular weight excluding hydrogens is 354 g/mol. The van der Waals surface area contributed by atoms with Gasteiger partial charge in [-0.1, -0.05) is 6.07 Å². The highest BCUT2D eigenvalue weighted by molar-refractivity contribution is 5.98. The van der Waals surface area contributed by atoms with E-state index >= 15 is 0 Å². The largest absolute Gasteiger partial charge is 0.488 e. The Hall–Kier alpha value is -3.61. The maximum atomic E-state index is 11.7. The van der Waals surface area contributed by atoms with Crippen LogP contribution in [0.1, 0.15) is 35.8 Å². The maximum Gasteiger partial charge on any atom is 0.155 e. The van der Waals surface area contributed by atoms with E-state index in [0.29, 0.717) is 16.8 Å². The minimum Gasteiger partial charge on any atom is -0.488 e. The van der Waals surface area contributed by atoms with Crippen LogP contribution < -0.4 is 4.74 Å². The average molecular weight is 373 g/mol. The van der Waals surface area contributed by atoms with Gasteiger partial charge in [-0.25, -0.2) is 9.97 Å². The topological polar surface area (TPSA) is 82.8 Å². The Bertz CT molecular complexity index is 1140. The zero-order valence-corrected chi connectivity index (χ0v) is 15.6. The van der Waals surface area contributed by atoms with Crippen molar-refractivity contribution >= 4 is 17.2 Å². The second-order valence-electron chi connectivity index (χ2n) is 6.61. The van der Waals surface area contributed by atoms with E-state index in [1.807, 2.05) is 28.9 Å². The van der Waals surface area contributed by atoms with Crippen LogP contribution in [0.15, 0.2) is 55.2 Å². The molecule has 7 nitrogen and oxygen atoms in total. The molecule has 0 saturated heterocycles. The lowest BCUT2D eigenvalue weighted by Crippen LogP contribution is -2.08. The molecule has 28 heavy (non-hydrogen) atoms. The van der Waals surface area contributed by atoms with Crippen molar-refractivity contribution in [3.63, 3.8) is 0 Å². The van der Waals surface area contributed by atoms with E-state index in [1.165, 1.54) is 6.33 Å². The van der Waals surface area contributed by atoms with Crippen molar-refractivity contribution in [1.29, 1.82) is 0 Å². The first-order valence-corrected chi connectivity index (χ1v) is 8.97. The molecule has 140 valence electrons. The number of fused-ring (bicyclic) bond motifs is 1. The van der Waals surface area contributed by atoms with Gasteiger partial charge < -0.3 is 4.74 Å². The molecule has 0 aliphatic rings. The number of nitrogens with zero attached hydrogens (tertiary/aromatic N) is 5. The van der Waals surface area contributed by atoms with Crippen molar-refractivity contribution in [2.45, 2.75) is 26.5 Å². The summed E-state index contributed by atoms with van der Waals surface area (Å²) in [5.74, 6) is 0.480. The van der Waals surface area contributed by atoms with Crippen LogP contribution in [-0.4, -0.2) is 31.0 Å². The van der Waals surface area contributed by atoms with Gasteiger partial charge in [0, 0.05) is 35.6 Å². The molecule has 0 unspecified atom stereocenters.